The smallest absolute Gasteiger partial charge is 0.249 e. The molecule has 0 aliphatic carbocycles. The standard InChI is InChI=1S/C24H22ClN3O4/c1-31-21-7-4-6-19(13-21)27-23(29)14-24(30)28-26-15-17-9-11-20(12-10-17)32-16-18-5-2-3-8-22(18)25/h2-13,15H,14,16H2,1H3,(H,27,29)(H,28,30). The third kappa shape index (κ3) is 7.14. The van der Waals surface area contributed by atoms with Gasteiger partial charge in [-0.15, -0.1) is 0 Å². The highest BCUT2D eigenvalue weighted by Gasteiger charge is 2.09. The number of nitrogens with zero attached hydrogens (tertiary/aromatic N) is 1. The van der Waals surface area contributed by atoms with Crippen LogP contribution < -0.4 is 20.2 Å². The molecule has 0 heterocycles. The second-order valence-electron chi connectivity index (χ2n) is 6.70. The van der Waals surface area contributed by atoms with E-state index in [-0.39, 0.29) is 6.42 Å². The van der Waals surface area contributed by atoms with Crippen molar-refractivity contribution in [2.45, 2.75) is 13.0 Å². The Labute approximate surface area is 191 Å². The van der Waals surface area contributed by atoms with E-state index in [0.717, 1.165) is 11.1 Å². The Morgan fingerprint density at radius 2 is 1.75 bits per heavy atom. The molecule has 0 spiro atoms. The van der Waals surface area contributed by atoms with Gasteiger partial charge in [-0.1, -0.05) is 35.9 Å². The van der Waals surface area contributed by atoms with Crippen LogP contribution in [0.4, 0.5) is 5.69 Å². The summed E-state index contributed by atoms with van der Waals surface area (Å²) in [6.07, 6.45) is 1.12. The van der Waals surface area contributed by atoms with Crippen LogP contribution in [0.1, 0.15) is 17.5 Å². The van der Waals surface area contributed by atoms with Gasteiger partial charge in [-0.05, 0) is 48.0 Å². The number of halogens is 1. The maximum absolute atomic E-state index is 12.0. The first-order chi connectivity index (χ1) is 15.5. The van der Waals surface area contributed by atoms with Gasteiger partial charge < -0.3 is 14.8 Å². The summed E-state index contributed by atoms with van der Waals surface area (Å²) in [5.74, 6) is 0.310. The van der Waals surface area contributed by atoms with Crippen molar-refractivity contribution in [1.29, 1.82) is 0 Å². The maximum Gasteiger partial charge on any atom is 0.249 e. The average molecular weight is 452 g/mol. The molecule has 8 heteroatoms. The predicted octanol–water partition coefficient (Wildman–Crippen LogP) is 4.41. The lowest BCUT2D eigenvalue weighted by Gasteiger charge is -2.08. The van der Waals surface area contributed by atoms with Crippen molar-refractivity contribution in [2.75, 3.05) is 12.4 Å². The van der Waals surface area contributed by atoms with Gasteiger partial charge in [0.2, 0.25) is 11.8 Å². The molecule has 0 aliphatic rings. The van der Waals surface area contributed by atoms with E-state index in [4.69, 9.17) is 21.1 Å². The van der Waals surface area contributed by atoms with Crippen molar-refractivity contribution in [3.63, 3.8) is 0 Å². The molecule has 0 fully saturated rings. The van der Waals surface area contributed by atoms with E-state index < -0.39 is 11.8 Å². The van der Waals surface area contributed by atoms with E-state index in [1.165, 1.54) is 13.3 Å². The van der Waals surface area contributed by atoms with Crippen LogP contribution in [-0.2, 0) is 16.2 Å². The van der Waals surface area contributed by atoms with Gasteiger partial charge in [-0.3, -0.25) is 9.59 Å². The van der Waals surface area contributed by atoms with E-state index in [2.05, 4.69) is 15.8 Å². The molecule has 0 aliphatic heterocycles. The lowest BCUT2D eigenvalue weighted by Crippen LogP contribution is -2.24. The van der Waals surface area contributed by atoms with Crippen molar-refractivity contribution in [2.24, 2.45) is 5.10 Å². The van der Waals surface area contributed by atoms with Crippen molar-refractivity contribution in [3.8, 4) is 11.5 Å². The molecule has 0 saturated carbocycles. The maximum atomic E-state index is 12.0. The number of amides is 2. The van der Waals surface area contributed by atoms with E-state index in [1.807, 2.05) is 24.3 Å². The first-order valence-corrected chi connectivity index (χ1v) is 10.1. The average Bonchev–Trinajstić information content (AvgIpc) is 2.79. The topological polar surface area (TPSA) is 89.0 Å². The molecule has 0 atom stereocenters. The summed E-state index contributed by atoms with van der Waals surface area (Å²) >= 11 is 6.12. The van der Waals surface area contributed by atoms with Crippen LogP contribution in [0.15, 0.2) is 77.9 Å². The summed E-state index contributed by atoms with van der Waals surface area (Å²) < 4.78 is 10.8. The number of anilines is 1. The minimum absolute atomic E-state index is 0.358. The monoisotopic (exact) mass is 451 g/mol. The summed E-state index contributed by atoms with van der Waals surface area (Å²) in [6, 6.07) is 21.5. The molecule has 164 valence electrons. The van der Waals surface area contributed by atoms with Crippen LogP contribution in [0, 0.1) is 0 Å². The number of carbonyl (C=O) groups excluding carboxylic acids is 2. The van der Waals surface area contributed by atoms with Crippen LogP contribution in [0.2, 0.25) is 5.02 Å². The molecule has 3 aromatic rings. The molecule has 2 N–H and O–H groups in total. The van der Waals surface area contributed by atoms with E-state index >= 15 is 0 Å². The van der Waals surface area contributed by atoms with E-state index in [9.17, 15) is 9.59 Å². The van der Waals surface area contributed by atoms with Gasteiger partial charge in [-0.2, -0.15) is 5.10 Å². The first kappa shape index (κ1) is 22.8. The lowest BCUT2D eigenvalue weighted by atomic mass is 10.2. The molecule has 0 aromatic heterocycles. The number of methoxy groups -OCH3 is 1. The zero-order valence-electron chi connectivity index (χ0n) is 17.4. The number of hydrazone groups is 1. The second kappa shape index (κ2) is 11.5. The molecular weight excluding hydrogens is 430 g/mol. The molecule has 0 radical (unpaired) electrons. The fraction of sp³-hybridized carbons (Fsp3) is 0.125. The van der Waals surface area contributed by atoms with Gasteiger partial charge >= 0.3 is 0 Å². The number of hydrogen-bond acceptors (Lipinski definition) is 5. The molecule has 3 rings (SSSR count). The summed E-state index contributed by atoms with van der Waals surface area (Å²) in [6.45, 7) is 0.362. The largest absolute Gasteiger partial charge is 0.497 e. The first-order valence-electron chi connectivity index (χ1n) is 9.75. The second-order valence-corrected chi connectivity index (χ2v) is 7.11. The summed E-state index contributed by atoms with van der Waals surface area (Å²) in [4.78, 5) is 23.9. The molecular formula is C24H22ClN3O4. The fourth-order valence-electron chi connectivity index (χ4n) is 2.70. The highest BCUT2D eigenvalue weighted by atomic mass is 35.5. The minimum Gasteiger partial charge on any atom is -0.497 e. The Kier molecular flexibility index (Phi) is 8.22. The van der Waals surface area contributed by atoms with Crippen molar-refractivity contribution in [3.05, 3.63) is 88.9 Å². The van der Waals surface area contributed by atoms with Gasteiger partial charge in [0, 0.05) is 22.3 Å². The summed E-state index contributed by atoms with van der Waals surface area (Å²) in [5, 5.41) is 7.17. The van der Waals surface area contributed by atoms with Crippen molar-refractivity contribution >= 4 is 35.3 Å². The van der Waals surface area contributed by atoms with Crippen LogP contribution in [-0.4, -0.2) is 25.1 Å². The lowest BCUT2D eigenvalue weighted by molar-refractivity contribution is -0.126. The molecule has 32 heavy (non-hydrogen) atoms. The molecule has 3 aromatic carbocycles. The summed E-state index contributed by atoms with van der Waals surface area (Å²) in [5.41, 5.74) is 4.54. The molecule has 0 saturated heterocycles. The zero-order chi connectivity index (χ0) is 22.8. The number of ether oxygens (including phenoxy) is 2. The van der Waals surface area contributed by atoms with Gasteiger partial charge in [0.25, 0.3) is 0 Å². The van der Waals surface area contributed by atoms with Crippen molar-refractivity contribution in [1.82, 2.24) is 5.43 Å². The normalized spacial score (nSPS) is 10.6. The quantitative estimate of drug-likeness (QED) is 0.286. The molecule has 7 nitrogen and oxygen atoms in total. The van der Waals surface area contributed by atoms with Gasteiger partial charge in [0.15, 0.2) is 0 Å². The fourth-order valence-corrected chi connectivity index (χ4v) is 2.89. The molecule has 0 unspecified atom stereocenters. The highest BCUT2D eigenvalue weighted by molar-refractivity contribution is 6.31. The van der Waals surface area contributed by atoms with Gasteiger partial charge in [0.1, 0.15) is 24.5 Å². The van der Waals surface area contributed by atoms with Gasteiger partial charge in [0.05, 0.1) is 13.3 Å². The number of benzene rings is 3. The summed E-state index contributed by atoms with van der Waals surface area (Å²) in [7, 11) is 1.54. The SMILES string of the molecule is COc1cccc(NC(=O)CC(=O)NN=Cc2ccc(OCc3ccccc3Cl)cc2)c1. The Hall–Kier alpha value is -3.84. The Morgan fingerprint density at radius 1 is 0.969 bits per heavy atom. The zero-order valence-corrected chi connectivity index (χ0v) is 18.1. The van der Waals surface area contributed by atoms with Crippen LogP contribution in [0.5, 0.6) is 11.5 Å². The molecule has 2 amide bonds. The van der Waals surface area contributed by atoms with Crippen LogP contribution >= 0.6 is 11.6 Å². The minimum atomic E-state index is -0.527. The highest BCUT2D eigenvalue weighted by Crippen LogP contribution is 2.19. The number of carbonyl (C=O) groups is 2. The van der Waals surface area contributed by atoms with Crippen LogP contribution in [0.25, 0.3) is 0 Å². The van der Waals surface area contributed by atoms with Gasteiger partial charge in [-0.25, -0.2) is 5.43 Å². The Bertz CT molecular complexity index is 1100. The van der Waals surface area contributed by atoms with Crippen molar-refractivity contribution < 1.29 is 19.1 Å². The third-order valence-corrected chi connectivity index (χ3v) is 4.68. The number of hydrogen-bond donors (Lipinski definition) is 2. The van der Waals surface area contributed by atoms with E-state index in [0.29, 0.717) is 28.8 Å². The number of rotatable bonds is 9. The van der Waals surface area contributed by atoms with Crippen LogP contribution in [0.3, 0.4) is 0 Å². The number of nitrogens with one attached hydrogen (secondary N) is 2. The predicted molar refractivity (Wildman–Crippen MR) is 124 cm³/mol. The third-order valence-electron chi connectivity index (χ3n) is 4.31. The van der Waals surface area contributed by atoms with E-state index in [1.54, 1.807) is 48.5 Å². The molecule has 0 bridgehead atoms. The Morgan fingerprint density at radius 3 is 2.50 bits per heavy atom. The Balaban J connectivity index is 1.43.